The maximum Gasteiger partial charge on any atom is 0.223 e. The molecule has 0 amide bonds. The van der Waals surface area contributed by atoms with Crippen molar-refractivity contribution in [2.45, 2.75) is 32.2 Å². The van der Waals surface area contributed by atoms with Crippen LogP contribution in [0.1, 0.15) is 30.5 Å². The predicted molar refractivity (Wildman–Crippen MR) is 96.3 cm³/mol. The molecule has 3 rings (SSSR count). The fraction of sp³-hybridized carbons (Fsp3) is 0.450. The van der Waals surface area contributed by atoms with Crippen molar-refractivity contribution in [3.63, 3.8) is 0 Å². The van der Waals surface area contributed by atoms with Crippen LogP contribution in [0, 0.1) is 17.6 Å². The molecule has 1 saturated heterocycles. The number of pyridine rings is 1. The Morgan fingerprint density at radius 2 is 2.08 bits per heavy atom. The highest BCUT2D eigenvalue weighted by Gasteiger charge is 2.21. The molecule has 0 spiro atoms. The number of ether oxygens (including phenoxy) is 1. The van der Waals surface area contributed by atoms with Crippen molar-refractivity contribution in [1.29, 1.82) is 0 Å². The lowest BCUT2D eigenvalue weighted by Crippen LogP contribution is -2.35. The second-order valence-corrected chi connectivity index (χ2v) is 6.87. The van der Waals surface area contributed by atoms with E-state index in [0.717, 1.165) is 38.0 Å². The minimum atomic E-state index is -0.464. The van der Waals surface area contributed by atoms with E-state index in [1.807, 2.05) is 0 Å². The van der Waals surface area contributed by atoms with Gasteiger partial charge in [-0.15, -0.1) is 0 Å². The van der Waals surface area contributed by atoms with Crippen molar-refractivity contribution in [3.05, 3.63) is 63.6 Å². The Morgan fingerprint density at radius 3 is 2.77 bits per heavy atom. The molecule has 1 aromatic carbocycles. The second kappa shape index (κ2) is 8.45. The summed E-state index contributed by atoms with van der Waals surface area (Å²) in [6.45, 7) is 2.48. The first-order valence-corrected chi connectivity index (χ1v) is 8.97. The van der Waals surface area contributed by atoms with Crippen molar-refractivity contribution in [3.8, 4) is 5.75 Å². The van der Waals surface area contributed by atoms with E-state index in [1.165, 1.54) is 25.3 Å². The van der Waals surface area contributed by atoms with E-state index in [4.69, 9.17) is 4.74 Å². The molecule has 2 aromatic rings. The van der Waals surface area contributed by atoms with E-state index in [2.05, 4.69) is 9.88 Å². The van der Waals surface area contributed by atoms with Crippen LogP contribution in [0.25, 0.3) is 0 Å². The van der Waals surface area contributed by atoms with Crippen molar-refractivity contribution >= 4 is 0 Å². The summed E-state index contributed by atoms with van der Waals surface area (Å²) >= 11 is 0. The number of H-pyrrole nitrogens is 1. The number of hydrogen-bond donors (Lipinski definition) is 1. The molecule has 140 valence electrons. The highest BCUT2D eigenvalue weighted by atomic mass is 19.1. The maximum atomic E-state index is 13.8. The number of halogens is 2. The van der Waals surface area contributed by atoms with Gasteiger partial charge in [-0.25, -0.2) is 8.78 Å². The number of likely N-dealkylation sites (tertiary alicyclic amines) is 1. The van der Waals surface area contributed by atoms with Gasteiger partial charge in [0.15, 0.2) is 5.75 Å². The van der Waals surface area contributed by atoms with Crippen LogP contribution in [0.15, 0.2) is 35.3 Å². The molecule has 26 heavy (non-hydrogen) atoms. The van der Waals surface area contributed by atoms with E-state index in [-0.39, 0.29) is 11.0 Å². The molecule has 2 heterocycles. The molecular formula is C20H24F2N2O2. The number of methoxy groups -OCH3 is 1. The van der Waals surface area contributed by atoms with Gasteiger partial charge in [-0.3, -0.25) is 9.69 Å². The fourth-order valence-corrected chi connectivity index (χ4v) is 3.64. The molecule has 1 fully saturated rings. The number of hydrogen-bond acceptors (Lipinski definition) is 3. The van der Waals surface area contributed by atoms with Gasteiger partial charge in [0.25, 0.3) is 0 Å². The van der Waals surface area contributed by atoms with Crippen LogP contribution in [0.5, 0.6) is 5.75 Å². The average molecular weight is 362 g/mol. The van der Waals surface area contributed by atoms with Gasteiger partial charge < -0.3 is 9.72 Å². The molecule has 1 aromatic heterocycles. The number of aromatic nitrogens is 1. The summed E-state index contributed by atoms with van der Waals surface area (Å²) in [4.78, 5) is 17.2. The van der Waals surface area contributed by atoms with E-state index in [0.29, 0.717) is 24.6 Å². The summed E-state index contributed by atoms with van der Waals surface area (Å²) in [6, 6.07) is 5.58. The van der Waals surface area contributed by atoms with Gasteiger partial charge in [-0.2, -0.15) is 0 Å². The summed E-state index contributed by atoms with van der Waals surface area (Å²) in [5.41, 5.74) is 0.894. The molecule has 4 nitrogen and oxygen atoms in total. The van der Waals surface area contributed by atoms with Crippen LogP contribution in [-0.2, 0) is 13.0 Å². The first-order valence-electron chi connectivity index (χ1n) is 8.97. The Balaban J connectivity index is 1.57. The third kappa shape index (κ3) is 4.49. The van der Waals surface area contributed by atoms with Crippen molar-refractivity contribution in [2.75, 3.05) is 20.2 Å². The lowest BCUT2D eigenvalue weighted by molar-refractivity contribution is 0.160. The van der Waals surface area contributed by atoms with Crippen molar-refractivity contribution in [1.82, 2.24) is 9.88 Å². The van der Waals surface area contributed by atoms with Gasteiger partial charge in [0.05, 0.1) is 7.11 Å². The minimum absolute atomic E-state index is 0.134. The number of piperidine rings is 1. The lowest BCUT2D eigenvalue weighted by atomic mass is 9.91. The standard InChI is InChI=1S/C20H24F2N2O2/c1-26-20-11-23-15(10-19(20)25)13-24-9-3-4-14(12-24)7-8-16-17(21)5-2-6-18(16)22/h2,5-6,10-11,14H,3-4,7-9,12-13H2,1H3,(H,23,25)/t14-/m0/s1. The Morgan fingerprint density at radius 1 is 1.31 bits per heavy atom. The van der Waals surface area contributed by atoms with E-state index >= 15 is 0 Å². The molecule has 1 atom stereocenters. The van der Waals surface area contributed by atoms with Gasteiger partial charge in [0.1, 0.15) is 11.6 Å². The van der Waals surface area contributed by atoms with Crippen LogP contribution in [0.2, 0.25) is 0 Å². The average Bonchev–Trinajstić information content (AvgIpc) is 2.62. The first-order chi connectivity index (χ1) is 12.6. The van der Waals surface area contributed by atoms with Gasteiger partial charge in [0, 0.05) is 36.6 Å². The lowest BCUT2D eigenvalue weighted by Gasteiger charge is -2.32. The van der Waals surface area contributed by atoms with Gasteiger partial charge in [-0.05, 0) is 50.3 Å². The monoisotopic (exact) mass is 362 g/mol. The van der Waals surface area contributed by atoms with Crippen LogP contribution in [0.4, 0.5) is 8.78 Å². The second-order valence-electron chi connectivity index (χ2n) is 6.87. The normalized spacial score (nSPS) is 18.0. The zero-order chi connectivity index (χ0) is 18.5. The molecule has 1 aliphatic rings. The summed E-state index contributed by atoms with van der Waals surface area (Å²) in [6.07, 6.45) is 4.86. The summed E-state index contributed by atoms with van der Waals surface area (Å²) in [7, 11) is 1.47. The minimum Gasteiger partial charge on any atom is -0.491 e. The number of benzene rings is 1. The third-order valence-electron chi connectivity index (χ3n) is 5.02. The molecule has 0 unspecified atom stereocenters. The zero-order valence-electron chi connectivity index (χ0n) is 14.9. The summed E-state index contributed by atoms with van der Waals surface area (Å²) in [5, 5.41) is 0. The van der Waals surface area contributed by atoms with E-state index in [1.54, 1.807) is 12.3 Å². The zero-order valence-corrected chi connectivity index (χ0v) is 14.9. The number of nitrogens with zero attached hydrogens (tertiary/aromatic N) is 1. The number of nitrogens with one attached hydrogen (secondary N) is 1. The van der Waals surface area contributed by atoms with Gasteiger partial charge in [0.2, 0.25) is 5.43 Å². The SMILES string of the molecule is COc1c[nH]c(CN2CCC[C@@H](CCc3c(F)cccc3F)C2)cc1=O. The highest BCUT2D eigenvalue weighted by Crippen LogP contribution is 2.24. The molecule has 6 heteroatoms. The molecule has 1 N–H and O–H groups in total. The smallest absolute Gasteiger partial charge is 0.223 e. The molecule has 0 saturated carbocycles. The molecule has 1 aliphatic heterocycles. The quantitative estimate of drug-likeness (QED) is 0.855. The molecule has 0 aliphatic carbocycles. The number of rotatable bonds is 6. The Bertz CT molecular complexity index is 786. The third-order valence-corrected chi connectivity index (χ3v) is 5.02. The number of aromatic amines is 1. The van der Waals surface area contributed by atoms with Crippen LogP contribution >= 0.6 is 0 Å². The van der Waals surface area contributed by atoms with Crippen LogP contribution in [-0.4, -0.2) is 30.1 Å². The first kappa shape index (κ1) is 18.6. The summed E-state index contributed by atoms with van der Waals surface area (Å²) < 4.78 is 32.5. The maximum absolute atomic E-state index is 13.8. The Kier molecular flexibility index (Phi) is 6.04. The van der Waals surface area contributed by atoms with Crippen molar-refractivity contribution < 1.29 is 13.5 Å². The van der Waals surface area contributed by atoms with Gasteiger partial charge in [-0.1, -0.05) is 6.07 Å². The predicted octanol–water partition coefficient (Wildman–Crippen LogP) is 3.51. The Hall–Kier alpha value is -2.21. The highest BCUT2D eigenvalue weighted by molar-refractivity contribution is 5.21. The largest absolute Gasteiger partial charge is 0.491 e. The Labute approximate surface area is 151 Å². The topological polar surface area (TPSA) is 45.3 Å². The van der Waals surface area contributed by atoms with E-state index < -0.39 is 11.6 Å². The van der Waals surface area contributed by atoms with Gasteiger partial charge >= 0.3 is 0 Å². The van der Waals surface area contributed by atoms with Crippen LogP contribution < -0.4 is 10.2 Å². The fourth-order valence-electron chi connectivity index (χ4n) is 3.64. The molecular weight excluding hydrogens is 338 g/mol. The molecule has 0 bridgehead atoms. The van der Waals surface area contributed by atoms with Crippen LogP contribution in [0.3, 0.4) is 0 Å². The van der Waals surface area contributed by atoms with E-state index in [9.17, 15) is 13.6 Å². The molecule has 0 radical (unpaired) electrons. The van der Waals surface area contributed by atoms with Crippen molar-refractivity contribution in [2.24, 2.45) is 5.92 Å². The summed E-state index contributed by atoms with van der Waals surface area (Å²) in [5.74, 6) is -0.230.